The van der Waals surface area contributed by atoms with E-state index in [2.05, 4.69) is 10.6 Å². The molecule has 7 heteroatoms. The topological polar surface area (TPSA) is 78.4 Å². The van der Waals surface area contributed by atoms with E-state index in [-0.39, 0.29) is 18.1 Å². The molecule has 5 nitrogen and oxygen atoms in total. The molecule has 2 rings (SSSR count). The molecule has 3 N–H and O–H groups in total. The summed E-state index contributed by atoms with van der Waals surface area (Å²) in [4.78, 5) is 19.8. The number of nitrogens with one attached hydrogen (secondary N) is 2. The monoisotopic (exact) mass is 260 g/mol. The number of amides is 2. The number of carbonyl (C=O) groups is 1. The highest BCUT2D eigenvalue weighted by Crippen LogP contribution is 2.33. The molecule has 0 aromatic heterocycles. The van der Waals surface area contributed by atoms with Gasteiger partial charge < -0.3 is 19.9 Å². The summed E-state index contributed by atoms with van der Waals surface area (Å²) in [5, 5.41) is 6.30. The lowest BCUT2D eigenvalue weighted by Crippen LogP contribution is -2.36. The second-order valence-electron chi connectivity index (χ2n) is 4.26. The molecule has 0 saturated carbocycles. The molecule has 2 fully saturated rings. The number of fused-ring (bicyclic) bond motifs is 1. The summed E-state index contributed by atoms with van der Waals surface area (Å²) >= 11 is 1.89. The normalized spacial score (nSPS) is 32.0. The molecular formula is C9H16N2O3SSi. The third-order valence-electron chi connectivity index (χ3n) is 3.07. The van der Waals surface area contributed by atoms with Crippen LogP contribution in [0.4, 0.5) is 4.79 Å². The van der Waals surface area contributed by atoms with E-state index in [1.54, 1.807) is 0 Å². The molecule has 16 heavy (non-hydrogen) atoms. The van der Waals surface area contributed by atoms with Gasteiger partial charge in [0.2, 0.25) is 0 Å². The van der Waals surface area contributed by atoms with Crippen molar-refractivity contribution in [1.29, 1.82) is 0 Å². The van der Waals surface area contributed by atoms with Crippen molar-refractivity contribution < 1.29 is 14.1 Å². The van der Waals surface area contributed by atoms with Gasteiger partial charge in [-0.3, -0.25) is 0 Å². The molecule has 2 aliphatic heterocycles. The Hall–Kier alpha value is -0.563. The molecule has 0 bridgehead atoms. The van der Waals surface area contributed by atoms with E-state index in [0.29, 0.717) is 11.3 Å². The number of carbonyl (C=O) groups excluding carboxylic acids is 1. The summed E-state index contributed by atoms with van der Waals surface area (Å²) in [6.07, 6.45) is 2.79. The van der Waals surface area contributed by atoms with Gasteiger partial charge in [0, 0.05) is 17.0 Å². The van der Waals surface area contributed by atoms with E-state index in [4.69, 9.17) is 4.80 Å². The quantitative estimate of drug-likeness (QED) is 0.376. The number of hydrogen-bond acceptors (Lipinski definition) is 3. The fourth-order valence-electron chi connectivity index (χ4n) is 2.26. The average molecular weight is 260 g/mol. The summed E-state index contributed by atoms with van der Waals surface area (Å²) in [7, 11) is -2.29. The van der Waals surface area contributed by atoms with Crippen molar-refractivity contribution in [2.45, 2.75) is 42.6 Å². The minimum atomic E-state index is -2.29. The minimum Gasteiger partial charge on any atom is -0.540 e. The van der Waals surface area contributed by atoms with Crippen LogP contribution in [-0.4, -0.2) is 42.8 Å². The van der Waals surface area contributed by atoms with Crippen molar-refractivity contribution in [2.24, 2.45) is 0 Å². The Morgan fingerprint density at radius 1 is 1.44 bits per heavy atom. The highest BCUT2D eigenvalue weighted by molar-refractivity contribution is 8.00. The molecule has 0 spiro atoms. The lowest BCUT2D eigenvalue weighted by atomic mass is 10.0. The fraction of sp³-hybridized carbons (Fsp3) is 0.889. The maximum absolute atomic E-state index is 11.1. The molecule has 2 aliphatic rings. The number of urea groups is 1. The molecule has 90 valence electrons. The van der Waals surface area contributed by atoms with Gasteiger partial charge in [0.05, 0.1) is 12.1 Å². The lowest BCUT2D eigenvalue weighted by molar-refractivity contribution is 0.247. The SMILES string of the molecule is O=C1N[C@H]2[C@H](CS[C@H]2CCCC[Si](=O)O)N1. The molecule has 0 aromatic carbocycles. The van der Waals surface area contributed by atoms with E-state index in [9.17, 15) is 9.26 Å². The average Bonchev–Trinajstić information content (AvgIpc) is 2.72. The van der Waals surface area contributed by atoms with E-state index in [1.165, 1.54) is 0 Å². The Balaban J connectivity index is 1.70. The van der Waals surface area contributed by atoms with Crippen LogP contribution in [0, 0.1) is 0 Å². The number of thioether (sulfide) groups is 1. The zero-order valence-electron chi connectivity index (χ0n) is 8.94. The zero-order chi connectivity index (χ0) is 11.5. The van der Waals surface area contributed by atoms with Crippen LogP contribution in [0.3, 0.4) is 0 Å². The lowest BCUT2D eigenvalue weighted by Gasteiger charge is -2.16. The van der Waals surface area contributed by atoms with Crippen molar-refractivity contribution in [3.8, 4) is 0 Å². The van der Waals surface area contributed by atoms with Crippen LogP contribution in [0.5, 0.6) is 0 Å². The van der Waals surface area contributed by atoms with Crippen LogP contribution in [0.2, 0.25) is 6.04 Å². The summed E-state index contributed by atoms with van der Waals surface area (Å²) in [6.45, 7) is 0. The van der Waals surface area contributed by atoms with Gasteiger partial charge in [-0.15, -0.1) is 0 Å². The summed E-state index contributed by atoms with van der Waals surface area (Å²) in [5.74, 6) is 0.977. The van der Waals surface area contributed by atoms with Crippen molar-refractivity contribution in [3.63, 3.8) is 0 Å². The third-order valence-corrected chi connectivity index (χ3v) is 5.36. The molecule has 2 amide bonds. The van der Waals surface area contributed by atoms with Gasteiger partial charge in [0.15, 0.2) is 0 Å². The Bertz CT molecular complexity index is 302. The first kappa shape index (κ1) is 11.9. The fourth-order valence-corrected chi connectivity index (χ4v) is 4.36. The Kier molecular flexibility index (Phi) is 3.85. The molecule has 0 aliphatic carbocycles. The highest BCUT2D eigenvalue weighted by atomic mass is 32.2. The standard InChI is InChI=1S/C9H16N2O3SSi/c12-9-10-6-5-15-7(8(6)11-9)3-1-2-4-16(13)14/h6-8,13H,1-5H2,(H2,10,11,12)/t6-,7-,8-/m0/s1. The number of rotatable bonds is 5. The molecule has 2 heterocycles. The van der Waals surface area contributed by atoms with E-state index in [1.807, 2.05) is 11.8 Å². The maximum Gasteiger partial charge on any atom is 0.499 e. The second kappa shape index (κ2) is 5.18. The van der Waals surface area contributed by atoms with Crippen molar-refractivity contribution in [1.82, 2.24) is 10.6 Å². The van der Waals surface area contributed by atoms with E-state index >= 15 is 0 Å². The first-order valence-corrected chi connectivity index (χ1v) is 8.18. The second-order valence-corrected chi connectivity index (χ2v) is 6.82. The molecule has 3 atom stereocenters. The van der Waals surface area contributed by atoms with Crippen LogP contribution in [0.15, 0.2) is 0 Å². The van der Waals surface area contributed by atoms with Gasteiger partial charge in [-0.2, -0.15) is 11.8 Å². The van der Waals surface area contributed by atoms with Crippen molar-refractivity contribution >= 4 is 26.7 Å². The van der Waals surface area contributed by atoms with Gasteiger partial charge in [0.1, 0.15) is 0 Å². The molecule has 2 saturated heterocycles. The Morgan fingerprint density at radius 2 is 2.25 bits per heavy atom. The Labute approximate surface area is 100 Å². The molecule has 0 aromatic rings. The summed E-state index contributed by atoms with van der Waals surface area (Å²) < 4.78 is 10.5. The van der Waals surface area contributed by atoms with Gasteiger partial charge in [0.25, 0.3) is 0 Å². The van der Waals surface area contributed by atoms with Crippen LogP contribution < -0.4 is 10.6 Å². The smallest absolute Gasteiger partial charge is 0.499 e. The third kappa shape index (κ3) is 2.76. The predicted molar refractivity (Wildman–Crippen MR) is 62.8 cm³/mol. The number of hydrogen-bond donors (Lipinski definition) is 3. The van der Waals surface area contributed by atoms with Gasteiger partial charge in [-0.05, 0) is 12.8 Å². The Morgan fingerprint density at radius 3 is 3.00 bits per heavy atom. The number of unbranched alkanes of at least 4 members (excludes halogenated alkanes) is 1. The van der Waals surface area contributed by atoms with E-state index in [0.717, 1.165) is 25.0 Å². The molecule has 0 unspecified atom stereocenters. The highest BCUT2D eigenvalue weighted by Gasteiger charge is 2.42. The van der Waals surface area contributed by atoms with Crippen LogP contribution in [-0.2, 0) is 4.46 Å². The largest absolute Gasteiger partial charge is 0.540 e. The van der Waals surface area contributed by atoms with Crippen LogP contribution in [0.1, 0.15) is 19.3 Å². The summed E-state index contributed by atoms with van der Waals surface area (Å²) in [6, 6.07) is 0.907. The first-order chi connectivity index (χ1) is 7.66. The van der Waals surface area contributed by atoms with Crippen LogP contribution in [0.25, 0.3) is 0 Å². The van der Waals surface area contributed by atoms with Crippen molar-refractivity contribution in [2.75, 3.05) is 5.75 Å². The van der Waals surface area contributed by atoms with Crippen LogP contribution >= 0.6 is 11.8 Å². The first-order valence-electron chi connectivity index (χ1n) is 5.57. The molecular weight excluding hydrogens is 244 g/mol. The van der Waals surface area contributed by atoms with Gasteiger partial charge in [-0.1, -0.05) is 6.42 Å². The van der Waals surface area contributed by atoms with Gasteiger partial charge in [-0.25, -0.2) is 4.79 Å². The zero-order valence-corrected chi connectivity index (χ0v) is 10.8. The van der Waals surface area contributed by atoms with Crippen molar-refractivity contribution in [3.05, 3.63) is 0 Å². The molecule has 0 radical (unpaired) electrons. The van der Waals surface area contributed by atoms with Gasteiger partial charge >= 0.3 is 15.0 Å². The minimum absolute atomic E-state index is 0.0549. The summed E-state index contributed by atoms with van der Waals surface area (Å²) in [5.41, 5.74) is 0. The maximum atomic E-state index is 11.1. The van der Waals surface area contributed by atoms with E-state index < -0.39 is 8.93 Å². The predicted octanol–water partition coefficient (Wildman–Crippen LogP) is 0.233.